The highest BCUT2D eigenvalue weighted by atomic mass is 15.2. The molecule has 3 heteroatoms. The predicted octanol–water partition coefficient (Wildman–Crippen LogP) is 2.60. The summed E-state index contributed by atoms with van der Waals surface area (Å²) in [5.41, 5.74) is 1.38. The molecule has 0 bridgehead atoms. The first-order valence-corrected chi connectivity index (χ1v) is 7.22. The zero-order valence-corrected chi connectivity index (χ0v) is 11.5. The number of benzene rings is 1. The van der Waals surface area contributed by atoms with Gasteiger partial charge in [-0.3, -0.25) is 0 Å². The SMILES string of the molecule is CCc1ccc2ccnc(N3CCCNCC3)c2c1. The highest BCUT2D eigenvalue weighted by molar-refractivity contribution is 5.92. The molecule has 0 atom stereocenters. The van der Waals surface area contributed by atoms with Gasteiger partial charge >= 0.3 is 0 Å². The van der Waals surface area contributed by atoms with Gasteiger partial charge in [0, 0.05) is 31.2 Å². The van der Waals surface area contributed by atoms with Gasteiger partial charge in [-0.1, -0.05) is 19.1 Å². The van der Waals surface area contributed by atoms with Crippen LogP contribution in [0.3, 0.4) is 0 Å². The van der Waals surface area contributed by atoms with Gasteiger partial charge in [0.25, 0.3) is 0 Å². The van der Waals surface area contributed by atoms with Gasteiger partial charge in [-0.15, -0.1) is 0 Å². The fraction of sp³-hybridized carbons (Fsp3) is 0.438. The van der Waals surface area contributed by atoms with Gasteiger partial charge in [0.15, 0.2) is 0 Å². The molecular formula is C16H21N3. The third-order valence-electron chi connectivity index (χ3n) is 3.86. The third-order valence-corrected chi connectivity index (χ3v) is 3.86. The Morgan fingerprint density at radius 1 is 1.21 bits per heavy atom. The smallest absolute Gasteiger partial charge is 0.136 e. The van der Waals surface area contributed by atoms with Gasteiger partial charge in [-0.2, -0.15) is 0 Å². The number of pyridine rings is 1. The van der Waals surface area contributed by atoms with E-state index in [-0.39, 0.29) is 0 Å². The Labute approximate surface area is 114 Å². The molecule has 1 aliphatic rings. The molecule has 0 amide bonds. The molecule has 2 aromatic rings. The van der Waals surface area contributed by atoms with E-state index in [0.29, 0.717) is 0 Å². The van der Waals surface area contributed by atoms with Crippen molar-refractivity contribution in [2.75, 3.05) is 31.1 Å². The molecule has 1 aromatic heterocycles. The number of hydrogen-bond donors (Lipinski definition) is 1. The van der Waals surface area contributed by atoms with Crippen LogP contribution in [0.5, 0.6) is 0 Å². The number of fused-ring (bicyclic) bond motifs is 1. The first kappa shape index (κ1) is 12.4. The van der Waals surface area contributed by atoms with Gasteiger partial charge in [-0.05, 0) is 42.5 Å². The molecule has 0 saturated carbocycles. The van der Waals surface area contributed by atoms with E-state index in [1.165, 1.54) is 22.8 Å². The molecule has 100 valence electrons. The second kappa shape index (κ2) is 5.57. The van der Waals surface area contributed by atoms with Crippen molar-refractivity contribution in [3.05, 3.63) is 36.0 Å². The van der Waals surface area contributed by atoms with Crippen LogP contribution in [0.4, 0.5) is 5.82 Å². The van der Waals surface area contributed by atoms with Crippen molar-refractivity contribution in [3.8, 4) is 0 Å². The minimum atomic E-state index is 1.04. The lowest BCUT2D eigenvalue weighted by Crippen LogP contribution is -2.28. The minimum Gasteiger partial charge on any atom is -0.355 e. The predicted molar refractivity (Wildman–Crippen MR) is 80.8 cm³/mol. The van der Waals surface area contributed by atoms with Gasteiger partial charge in [0.05, 0.1) is 0 Å². The average molecular weight is 255 g/mol. The van der Waals surface area contributed by atoms with Crippen LogP contribution >= 0.6 is 0 Å². The van der Waals surface area contributed by atoms with Crippen molar-refractivity contribution in [1.29, 1.82) is 0 Å². The van der Waals surface area contributed by atoms with Crippen molar-refractivity contribution in [2.24, 2.45) is 0 Å². The van der Waals surface area contributed by atoms with Crippen molar-refractivity contribution in [1.82, 2.24) is 10.3 Å². The monoisotopic (exact) mass is 255 g/mol. The highest BCUT2D eigenvalue weighted by Gasteiger charge is 2.13. The average Bonchev–Trinajstić information content (AvgIpc) is 2.75. The number of anilines is 1. The number of nitrogens with one attached hydrogen (secondary N) is 1. The topological polar surface area (TPSA) is 28.2 Å². The van der Waals surface area contributed by atoms with E-state index in [9.17, 15) is 0 Å². The van der Waals surface area contributed by atoms with Crippen LogP contribution in [0, 0.1) is 0 Å². The second-order valence-electron chi connectivity index (χ2n) is 5.13. The van der Waals surface area contributed by atoms with E-state index in [1.807, 2.05) is 6.20 Å². The minimum absolute atomic E-state index is 1.04. The van der Waals surface area contributed by atoms with E-state index in [2.05, 4.69) is 46.4 Å². The Morgan fingerprint density at radius 3 is 3.05 bits per heavy atom. The van der Waals surface area contributed by atoms with Crippen molar-refractivity contribution < 1.29 is 0 Å². The molecule has 1 saturated heterocycles. The lowest BCUT2D eigenvalue weighted by molar-refractivity contribution is 0.724. The third kappa shape index (κ3) is 2.56. The van der Waals surface area contributed by atoms with Crippen molar-refractivity contribution in [2.45, 2.75) is 19.8 Å². The Kier molecular flexibility index (Phi) is 3.65. The second-order valence-corrected chi connectivity index (χ2v) is 5.13. The molecule has 3 nitrogen and oxygen atoms in total. The lowest BCUT2D eigenvalue weighted by Gasteiger charge is -2.22. The van der Waals surface area contributed by atoms with Gasteiger partial charge in [-0.25, -0.2) is 4.98 Å². The summed E-state index contributed by atoms with van der Waals surface area (Å²) >= 11 is 0. The lowest BCUT2D eigenvalue weighted by atomic mass is 10.1. The fourth-order valence-electron chi connectivity index (χ4n) is 2.73. The maximum absolute atomic E-state index is 4.65. The molecule has 0 radical (unpaired) electrons. The summed E-state index contributed by atoms with van der Waals surface area (Å²) in [5.74, 6) is 1.15. The van der Waals surface area contributed by atoms with Crippen LogP contribution < -0.4 is 10.2 Å². The summed E-state index contributed by atoms with van der Waals surface area (Å²) in [5, 5.41) is 6.03. The molecule has 1 aromatic carbocycles. The molecular weight excluding hydrogens is 234 g/mol. The highest BCUT2D eigenvalue weighted by Crippen LogP contribution is 2.26. The molecule has 0 spiro atoms. The van der Waals surface area contributed by atoms with Crippen LogP contribution in [0.1, 0.15) is 18.9 Å². The van der Waals surface area contributed by atoms with Crippen LogP contribution in [0.25, 0.3) is 10.8 Å². The quantitative estimate of drug-likeness (QED) is 0.894. The number of aromatic nitrogens is 1. The van der Waals surface area contributed by atoms with E-state index in [1.54, 1.807) is 0 Å². The number of nitrogens with zero attached hydrogens (tertiary/aromatic N) is 2. The summed E-state index contributed by atoms with van der Waals surface area (Å²) in [6.45, 7) is 6.50. The molecule has 19 heavy (non-hydrogen) atoms. The Bertz CT molecular complexity index is 557. The zero-order chi connectivity index (χ0) is 13.1. The number of aryl methyl sites for hydroxylation is 1. The summed E-state index contributed by atoms with van der Waals surface area (Å²) < 4.78 is 0. The van der Waals surface area contributed by atoms with E-state index in [0.717, 1.165) is 38.4 Å². The van der Waals surface area contributed by atoms with Crippen LogP contribution in [-0.4, -0.2) is 31.2 Å². The Hall–Kier alpha value is -1.61. The van der Waals surface area contributed by atoms with E-state index < -0.39 is 0 Å². The largest absolute Gasteiger partial charge is 0.355 e. The van der Waals surface area contributed by atoms with Gasteiger partial charge < -0.3 is 10.2 Å². The summed E-state index contributed by atoms with van der Waals surface area (Å²) in [6.07, 6.45) is 4.19. The molecule has 0 unspecified atom stereocenters. The maximum Gasteiger partial charge on any atom is 0.136 e. The zero-order valence-electron chi connectivity index (χ0n) is 11.5. The molecule has 0 aliphatic carbocycles. The molecule has 1 aliphatic heterocycles. The normalized spacial score (nSPS) is 16.6. The number of rotatable bonds is 2. The van der Waals surface area contributed by atoms with Crippen molar-refractivity contribution >= 4 is 16.6 Å². The first-order chi connectivity index (χ1) is 9.38. The molecule has 1 N–H and O–H groups in total. The molecule has 1 fully saturated rings. The molecule has 3 rings (SSSR count). The summed E-state index contributed by atoms with van der Waals surface area (Å²) in [4.78, 5) is 7.06. The summed E-state index contributed by atoms with van der Waals surface area (Å²) in [6, 6.07) is 8.84. The fourth-order valence-corrected chi connectivity index (χ4v) is 2.73. The van der Waals surface area contributed by atoms with Crippen LogP contribution in [-0.2, 0) is 6.42 Å². The van der Waals surface area contributed by atoms with E-state index >= 15 is 0 Å². The van der Waals surface area contributed by atoms with Gasteiger partial charge in [0.1, 0.15) is 5.82 Å². The van der Waals surface area contributed by atoms with Crippen molar-refractivity contribution in [3.63, 3.8) is 0 Å². The van der Waals surface area contributed by atoms with Crippen LogP contribution in [0.2, 0.25) is 0 Å². The van der Waals surface area contributed by atoms with Crippen LogP contribution in [0.15, 0.2) is 30.5 Å². The molecule has 2 heterocycles. The van der Waals surface area contributed by atoms with Gasteiger partial charge in [0.2, 0.25) is 0 Å². The standard InChI is InChI=1S/C16H21N3/c1-2-13-4-5-14-6-8-18-16(15(14)12-13)19-10-3-7-17-9-11-19/h4-6,8,12,17H,2-3,7,9-11H2,1H3. The maximum atomic E-state index is 4.65. The Morgan fingerprint density at radius 2 is 2.16 bits per heavy atom. The number of hydrogen-bond acceptors (Lipinski definition) is 3. The first-order valence-electron chi connectivity index (χ1n) is 7.22. The Balaban J connectivity index is 2.05. The summed E-state index contributed by atoms with van der Waals surface area (Å²) in [7, 11) is 0. The van der Waals surface area contributed by atoms with E-state index in [4.69, 9.17) is 0 Å².